The van der Waals surface area contributed by atoms with E-state index in [4.69, 9.17) is 9.63 Å². The van der Waals surface area contributed by atoms with Crippen molar-refractivity contribution in [1.29, 1.82) is 0 Å². The lowest BCUT2D eigenvalue weighted by Gasteiger charge is -2.27. The Hall–Kier alpha value is -2.95. The maximum absolute atomic E-state index is 12.4. The number of aliphatic hydroxyl groups is 1. The second kappa shape index (κ2) is 6.89. The number of nitrogens with one attached hydrogen (secondary N) is 1. The average Bonchev–Trinajstić information content (AvgIpc) is 3.30. The predicted molar refractivity (Wildman–Crippen MR) is 90.8 cm³/mol. The molecule has 0 aromatic carbocycles. The van der Waals surface area contributed by atoms with E-state index in [1.165, 1.54) is 6.33 Å². The summed E-state index contributed by atoms with van der Waals surface area (Å²) in [6.45, 7) is 0.874. The van der Waals surface area contributed by atoms with Crippen LogP contribution >= 0.6 is 0 Å². The van der Waals surface area contributed by atoms with Crippen molar-refractivity contribution in [3.8, 4) is 0 Å². The Morgan fingerprint density at radius 2 is 2.21 bits per heavy atom. The number of carbonyl (C=O) groups excluding carboxylic acids is 1. The number of aromatic nitrogens is 4. The van der Waals surface area contributed by atoms with Crippen molar-refractivity contribution >= 4 is 22.6 Å². The first-order chi connectivity index (χ1) is 13.3. The molecule has 11 heteroatoms. The third-order valence-electron chi connectivity index (χ3n) is 4.75. The van der Waals surface area contributed by atoms with Crippen LogP contribution in [0.3, 0.4) is 0 Å². The number of nitrogens with zero attached hydrogens (tertiary/aromatic N) is 4. The fourth-order valence-corrected chi connectivity index (χ4v) is 3.27. The number of aromatic amines is 1. The number of hydrogen-bond acceptors (Lipinski definition) is 7. The normalized spacial score (nSPS) is 15.6. The molecule has 0 amide bonds. The molecule has 0 saturated heterocycles. The third-order valence-corrected chi connectivity index (χ3v) is 4.75. The van der Waals surface area contributed by atoms with Crippen molar-refractivity contribution in [3.63, 3.8) is 0 Å². The number of rotatable bonds is 5. The number of ketones is 1. The molecule has 1 atom stereocenters. The van der Waals surface area contributed by atoms with E-state index < -0.39 is 30.9 Å². The highest BCUT2D eigenvalue weighted by Gasteiger charge is 2.38. The first-order valence-electron chi connectivity index (χ1n) is 8.63. The number of aliphatic hydroxyl groups excluding tert-OH is 1. The fraction of sp³-hybridized carbons (Fsp3) is 0.412. The van der Waals surface area contributed by atoms with Gasteiger partial charge in [-0.25, -0.2) is 9.97 Å². The molecule has 4 rings (SSSR count). The Labute approximate surface area is 156 Å². The Morgan fingerprint density at radius 3 is 3.00 bits per heavy atom. The van der Waals surface area contributed by atoms with Gasteiger partial charge in [0.1, 0.15) is 29.7 Å². The van der Waals surface area contributed by atoms with Crippen LogP contribution < -0.4 is 4.90 Å². The Balaban J connectivity index is 1.54. The van der Waals surface area contributed by atoms with Crippen LogP contribution in [-0.2, 0) is 13.0 Å². The number of H-pyrrole nitrogens is 1. The van der Waals surface area contributed by atoms with E-state index in [1.807, 2.05) is 11.0 Å². The summed E-state index contributed by atoms with van der Waals surface area (Å²) < 4.78 is 42.5. The molecule has 1 unspecified atom stereocenters. The second-order valence-electron chi connectivity index (χ2n) is 6.56. The first-order valence-corrected chi connectivity index (χ1v) is 8.63. The van der Waals surface area contributed by atoms with Crippen LogP contribution in [-0.4, -0.2) is 49.8 Å². The number of hydrogen-bond donors (Lipinski definition) is 2. The van der Waals surface area contributed by atoms with Gasteiger partial charge in [0.2, 0.25) is 0 Å². The standard InChI is InChI=1S/C17H16F3N5O3/c18-17(19,20)13(27)2-1-11(26)14-10-7-25(6-4-12(10)28-24-14)16-9-3-5-21-15(9)22-8-23-16/h3,5,8,13,27H,1-2,4,6-7H2,(H,21,22,23). The number of anilines is 1. The van der Waals surface area contributed by atoms with Crippen molar-refractivity contribution in [2.24, 2.45) is 0 Å². The van der Waals surface area contributed by atoms with E-state index in [0.29, 0.717) is 42.3 Å². The molecule has 1 aliphatic rings. The lowest BCUT2D eigenvalue weighted by Crippen LogP contribution is -2.32. The van der Waals surface area contributed by atoms with Crippen LogP contribution in [0.4, 0.5) is 19.0 Å². The number of halogens is 3. The molecule has 1 aliphatic heterocycles. The molecular formula is C17H16F3N5O3. The highest BCUT2D eigenvalue weighted by molar-refractivity contribution is 5.96. The number of Topliss-reactive ketones (excluding diaryl/α,β-unsaturated/α-hetero) is 1. The zero-order valence-electron chi connectivity index (χ0n) is 14.5. The molecule has 148 valence electrons. The van der Waals surface area contributed by atoms with Crippen LogP contribution in [0, 0.1) is 0 Å². The topological polar surface area (TPSA) is 108 Å². The molecule has 2 N–H and O–H groups in total. The first kappa shape index (κ1) is 18.4. The van der Waals surface area contributed by atoms with Crippen molar-refractivity contribution in [2.75, 3.05) is 11.4 Å². The smallest absolute Gasteiger partial charge is 0.384 e. The molecule has 0 saturated carbocycles. The molecular weight excluding hydrogens is 379 g/mol. The molecule has 0 spiro atoms. The third kappa shape index (κ3) is 3.33. The van der Waals surface area contributed by atoms with Gasteiger partial charge in [-0.1, -0.05) is 5.16 Å². The van der Waals surface area contributed by atoms with Gasteiger partial charge in [0.05, 0.1) is 11.9 Å². The van der Waals surface area contributed by atoms with E-state index in [9.17, 15) is 18.0 Å². The minimum atomic E-state index is -4.75. The minimum absolute atomic E-state index is 0.00782. The van der Waals surface area contributed by atoms with Crippen molar-refractivity contribution in [2.45, 2.75) is 38.1 Å². The fourth-order valence-electron chi connectivity index (χ4n) is 3.27. The summed E-state index contributed by atoms with van der Waals surface area (Å²) in [4.78, 5) is 25.8. The molecule has 0 fully saturated rings. The summed E-state index contributed by atoms with van der Waals surface area (Å²) in [6, 6.07) is 1.85. The summed E-state index contributed by atoms with van der Waals surface area (Å²) in [6.07, 6.45) is -4.83. The van der Waals surface area contributed by atoms with Gasteiger partial charge in [-0.05, 0) is 12.5 Å². The van der Waals surface area contributed by atoms with Crippen molar-refractivity contribution in [3.05, 3.63) is 35.6 Å². The van der Waals surface area contributed by atoms with Crippen LogP contribution in [0.1, 0.15) is 34.7 Å². The molecule has 4 heterocycles. The maximum atomic E-state index is 12.4. The van der Waals surface area contributed by atoms with Crippen molar-refractivity contribution in [1.82, 2.24) is 20.1 Å². The zero-order valence-corrected chi connectivity index (χ0v) is 14.5. The van der Waals surface area contributed by atoms with Gasteiger partial charge in [0.15, 0.2) is 11.5 Å². The van der Waals surface area contributed by atoms with Gasteiger partial charge in [-0.3, -0.25) is 4.79 Å². The van der Waals surface area contributed by atoms with E-state index in [-0.39, 0.29) is 5.69 Å². The SMILES string of the molecule is O=C(CCC(O)C(F)(F)F)c1noc2c1CN(c1ncnc3[nH]ccc13)CC2. The molecule has 8 nitrogen and oxygen atoms in total. The molecule has 0 bridgehead atoms. The summed E-state index contributed by atoms with van der Waals surface area (Å²) in [7, 11) is 0. The predicted octanol–water partition coefficient (Wildman–Crippen LogP) is 2.39. The van der Waals surface area contributed by atoms with Crippen molar-refractivity contribution < 1.29 is 27.6 Å². The number of carbonyl (C=O) groups is 1. The molecule has 0 aliphatic carbocycles. The van der Waals surface area contributed by atoms with E-state index in [0.717, 1.165) is 5.39 Å². The van der Waals surface area contributed by atoms with Crippen LogP contribution in [0.15, 0.2) is 23.1 Å². The summed E-state index contributed by atoms with van der Waals surface area (Å²) in [5.41, 5.74) is 1.23. The van der Waals surface area contributed by atoms with Crippen LogP contribution in [0.25, 0.3) is 11.0 Å². The summed E-state index contributed by atoms with van der Waals surface area (Å²) in [5.74, 6) is 0.629. The molecule has 3 aromatic heterocycles. The van der Waals surface area contributed by atoms with Gasteiger partial charge in [0, 0.05) is 31.1 Å². The highest BCUT2D eigenvalue weighted by atomic mass is 19.4. The highest BCUT2D eigenvalue weighted by Crippen LogP contribution is 2.30. The lowest BCUT2D eigenvalue weighted by atomic mass is 10.0. The Bertz CT molecular complexity index is 1010. The lowest BCUT2D eigenvalue weighted by molar-refractivity contribution is -0.204. The van der Waals surface area contributed by atoms with Gasteiger partial charge >= 0.3 is 6.18 Å². The molecule has 3 aromatic rings. The Morgan fingerprint density at radius 1 is 1.39 bits per heavy atom. The van der Waals surface area contributed by atoms with E-state index >= 15 is 0 Å². The van der Waals surface area contributed by atoms with E-state index in [2.05, 4.69) is 20.1 Å². The van der Waals surface area contributed by atoms with E-state index in [1.54, 1.807) is 6.20 Å². The number of fused-ring (bicyclic) bond motifs is 2. The second-order valence-corrected chi connectivity index (χ2v) is 6.56. The van der Waals surface area contributed by atoms with Gasteiger partial charge in [-0.2, -0.15) is 13.2 Å². The van der Waals surface area contributed by atoms with Gasteiger partial charge < -0.3 is 19.5 Å². The summed E-state index contributed by atoms with van der Waals surface area (Å²) >= 11 is 0. The molecule has 0 radical (unpaired) electrons. The van der Waals surface area contributed by atoms with Gasteiger partial charge in [0.25, 0.3) is 0 Å². The minimum Gasteiger partial charge on any atom is -0.384 e. The largest absolute Gasteiger partial charge is 0.414 e. The summed E-state index contributed by atoms with van der Waals surface area (Å²) in [5, 5.41) is 13.7. The van der Waals surface area contributed by atoms with Gasteiger partial charge in [-0.15, -0.1) is 0 Å². The zero-order chi connectivity index (χ0) is 19.9. The van der Waals surface area contributed by atoms with Crippen LogP contribution in [0.5, 0.6) is 0 Å². The maximum Gasteiger partial charge on any atom is 0.414 e. The average molecular weight is 395 g/mol. The Kier molecular flexibility index (Phi) is 4.53. The number of alkyl halides is 3. The quantitative estimate of drug-likeness (QED) is 0.639. The monoisotopic (exact) mass is 395 g/mol. The molecule has 28 heavy (non-hydrogen) atoms. The van der Waals surface area contributed by atoms with Crippen LogP contribution in [0.2, 0.25) is 0 Å².